The minimum atomic E-state index is -1.29. The molecular weight excluding hydrogens is 355 g/mol. The quantitative estimate of drug-likeness (QED) is 0.580. The van der Waals surface area contributed by atoms with E-state index in [-0.39, 0.29) is 16.6 Å². The fourth-order valence-corrected chi connectivity index (χ4v) is 1.98. The first-order chi connectivity index (χ1) is 9.77. The van der Waals surface area contributed by atoms with Gasteiger partial charge in [-0.15, -0.1) is 0 Å². The molecule has 114 valence electrons. The third kappa shape index (κ3) is 4.20. The van der Waals surface area contributed by atoms with Gasteiger partial charge in [0, 0.05) is 7.11 Å². The van der Waals surface area contributed by atoms with Crippen LogP contribution in [0.5, 0.6) is 0 Å². The van der Waals surface area contributed by atoms with Gasteiger partial charge in [-0.3, -0.25) is 14.9 Å². The molecule has 0 aliphatic heterocycles. The molecule has 21 heavy (non-hydrogen) atoms. The van der Waals surface area contributed by atoms with E-state index in [1.54, 1.807) is 0 Å². The zero-order valence-corrected chi connectivity index (χ0v) is 12.2. The van der Waals surface area contributed by atoms with Crippen molar-refractivity contribution in [2.24, 2.45) is 0 Å². The Morgan fingerprint density at radius 3 is 2.67 bits per heavy atom. The summed E-state index contributed by atoms with van der Waals surface area (Å²) < 4.78 is 17.7. The zero-order valence-electron chi connectivity index (χ0n) is 10.6. The standard InChI is InChI=1S/C11H10BrFN2O6/c1-21-8(11(17)18)4-14-10(16)6-2-5(13)3-7(9(6)12)15(19)20/h2-3,8H,4H2,1H3,(H,14,16)(H,17,18). The average Bonchev–Trinajstić information content (AvgIpc) is 2.40. The molecule has 0 fully saturated rings. The topological polar surface area (TPSA) is 119 Å². The number of carboxylic acid groups (broad SMARTS) is 1. The SMILES string of the molecule is COC(CNC(=O)c1cc(F)cc([N+](=O)[O-])c1Br)C(=O)O. The van der Waals surface area contributed by atoms with Crippen molar-refractivity contribution in [2.45, 2.75) is 6.10 Å². The number of carbonyl (C=O) groups excluding carboxylic acids is 1. The van der Waals surface area contributed by atoms with E-state index in [1.807, 2.05) is 0 Å². The van der Waals surface area contributed by atoms with Crippen LogP contribution in [0.3, 0.4) is 0 Å². The number of ether oxygens (including phenoxy) is 1. The lowest BCUT2D eigenvalue weighted by Gasteiger charge is -2.12. The second-order valence-electron chi connectivity index (χ2n) is 3.82. The van der Waals surface area contributed by atoms with Gasteiger partial charge < -0.3 is 15.2 Å². The number of methoxy groups -OCH3 is 1. The molecule has 1 rings (SSSR count). The average molecular weight is 365 g/mol. The van der Waals surface area contributed by atoms with E-state index in [1.165, 1.54) is 0 Å². The third-order valence-electron chi connectivity index (χ3n) is 2.47. The number of nitro benzene ring substituents is 1. The monoisotopic (exact) mass is 364 g/mol. The summed E-state index contributed by atoms with van der Waals surface area (Å²) in [7, 11) is 1.15. The van der Waals surface area contributed by atoms with Crippen LogP contribution in [0.1, 0.15) is 10.4 Å². The van der Waals surface area contributed by atoms with Crippen LogP contribution in [0, 0.1) is 15.9 Å². The summed E-state index contributed by atoms with van der Waals surface area (Å²) in [5.74, 6) is -3.12. The third-order valence-corrected chi connectivity index (χ3v) is 3.30. The Kier molecular flexibility index (Phi) is 5.73. The molecule has 1 aromatic carbocycles. The minimum absolute atomic E-state index is 0.198. The Balaban J connectivity index is 2.98. The number of nitrogens with zero attached hydrogens (tertiary/aromatic N) is 1. The van der Waals surface area contributed by atoms with E-state index in [9.17, 15) is 24.1 Å². The highest BCUT2D eigenvalue weighted by Crippen LogP contribution is 2.29. The second kappa shape index (κ2) is 7.09. The van der Waals surface area contributed by atoms with Crippen molar-refractivity contribution in [1.29, 1.82) is 0 Å². The fraction of sp³-hybridized carbons (Fsp3) is 0.273. The molecular formula is C11H10BrFN2O6. The molecule has 2 N–H and O–H groups in total. The van der Waals surface area contributed by atoms with Gasteiger partial charge in [-0.2, -0.15) is 0 Å². The van der Waals surface area contributed by atoms with E-state index < -0.39 is 34.4 Å². The lowest BCUT2D eigenvalue weighted by Crippen LogP contribution is -2.38. The van der Waals surface area contributed by atoms with Gasteiger partial charge in [-0.05, 0) is 22.0 Å². The molecule has 1 aromatic rings. The van der Waals surface area contributed by atoms with Crippen LogP contribution in [0.25, 0.3) is 0 Å². The van der Waals surface area contributed by atoms with Crippen molar-refractivity contribution in [3.05, 3.63) is 38.1 Å². The van der Waals surface area contributed by atoms with Gasteiger partial charge in [-0.1, -0.05) is 0 Å². The van der Waals surface area contributed by atoms with Gasteiger partial charge in [0.2, 0.25) is 0 Å². The summed E-state index contributed by atoms with van der Waals surface area (Å²) in [5.41, 5.74) is -0.927. The highest BCUT2D eigenvalue weighted by atomic mass is 79.9. The maximum Gasteiger partial charge on any atom is 0.334 e. The first-order valence-corrected chi connectivity index (χ1v) is 6.24. The molecule has 1 unspecified atom stereocenters. The summed E-state index contributed by atoms with van der Waals surface area (Å²) in [6.07, 6.45) is -1.28. The molecule has 0 saturated carbocycles. The van der Waals surface area contributed by atoms with E-state index in [4.69, 9.17) is 5.11 Å². The Labute approximate surface area is 126 Å². The predicted molar refractivity (Wildman–Crippen MR) is 71.5 cm³/mol. The highest BCUT2D eigenvalue weighted by molar-refractivity contribution is 9.10. The molecule has 10 heteroatoms. The molecule has 0 aromatic heterocycles. The molecule has 0 heterocycles. The van der Waals surface area contributed by atoms with Gasteiger partial charge in [-0.25, -0.2) is 9.18 Å². The largest absolute Gasteiger partial charge is 0.479 e. The number of hydrogen-bond acceptors (Lipinski definition) is 5. The maximum atomic E-state index is 13.3. The summed E-state index contributed by atoms with van der Waals surface area (Å²) in [4.78, 5) is 32.4. The Morgan fingerprint density at radius 1 is 1.57 bits per heavy atom. The minimum Gasteiger partial charge on any atom is -0.479 e. The van der Waals surface area contributed by atoms with Crippen molar-refractivity contribution >= 4 is 33.5 Å². The number of rotatable bonds is 6. The number of carbonyl (C=O) groups is 2. The van der Waals surface area contributed by atoms with Crippen LogP contribution in [0.2, 0.25) is 0 Å². The smallest absolute Gasteiger partial charge is 0.334 e. The number of nitrogens with one attached hydrogen (secondary N) is 1. The van der Waals surface area contributed by atoms with E-state index in [0.717, 1.165) is 13.2 Å². The summed E-state index contributed by atoms with van der Waals surface area (Å²) in [6, 6.07) is 1.46. The van der Waals surface area contributed by atoms with Crippen LogP contribution in [0.15, 0.2) is 16.6 Å². The lowest BCUT2D eigenvalue weighted by molar-refractivity contribution is -0.385. The van der Waals surface area contributed by atoms with Crippen LogP contribution in [0.4, 0.5) is 10.1 Å². The van der Waals surface area contributed by atoms with Gasteiger partial charge in [0.25, 0.3) is 11.6 Å². The van der Waals surface area contributed by atoms with E-state index in [0.29, 0.717) is 6.07 Å². The summed E-state index contributed by atoms with van der Waals surface area (Å²) in [5, 5.41) is 21.7. The van der Waals surface area contributed by atoms with Gasteiger partial charge in [0.15, 0.2) is 6.10 Å². The fourth-order valence-electron chi connectivity index (χ4n) is 1.43. The molecule has 8 nitrogen and oxygen atoms in total. The van der Waals surface area contributed by atoms with Gasteiger partial charge in [0.05, 0.1) is 23.1 Å². The molecule has 0 aliphatic rings. The molecule has 0 spiro atoms. The van der Waals surface area contributed by atoms with Crippen molar-refractivity contribution in [2.75, 3.05) is 13.7 Å². The number of hydrogen-bond donors (Lipinski definition) is 2. The van der Waals surface area contributed by atoms with Crippen molar-refractivity contribution in [3.8, 4) is 0 Å². The molecule has 1 atom stereocenters. The van der Waals surface area contributed by atoms with Crippen LogP contribution in [-0.2, 0) is 9.53 Å². The lowest BCUT2D eigenvalue weighted by atomic mass is 10.1. The second-order valence-corrected chi connectivity index (χ2v) is 4.61. The van der Waals surface area contributed by atoms with Gasteiger partial charge in [0.1, 0.15) is 10.3 Å². The number of amides is 1. The Bertz CT molecular complexity index is 594. The van der Waals surface area contributed by atoms with E-state index >= 15 is 0 Å². The first-order valence-electron chi connectivity index (χ1n) is 5.45. The van der Waals surface area contributed by atoms with Crippen LogP contribution >= 0.6 is 15.9 Å². The molecule has 0 saturated heterocycles. The number of carboxylic acids is 1. The molecule has 0 radical (unpaired) electrons. The number of benzene rings is 1. The maximum absolute atomic E-state index is 13.3. The van der Waals surface area contributed by atoms with Crippen LogP contribution < -0.4 is 5.32 Å². The van der Waals surface area contributed by atoms with Gasteiger partial charge >= 0.3 is 5.97 Å². The summed E-state index contributed by atoms with van der Waals surface area (Å²) in [6.45, 7) is -0.374. The number of aliphatic carboxylic acids is 1. The van der Waals surface area contributed by atoms with E-state index in [2.05, 4.69) is 26.0 Å². The summed E-state index contributed by atoms with van der Waals surface area (Å²) >= 11 is 2.85. The van der Waals surface area contributed by atoms with Crippen LogP contribution in [-0.4, -0.2) is 41.7 Å². The molecule has 0 bridgehead atoms. The normalized spacial score (nSPS) is 11.8. The number of halogens is 2. The highest BCUT2D eigenvalue weighted by Gasteiger charge is 2.23. The first kappa shape index (κ1) is 17.0. The molecule has 1 amide bonds. The molecule has 0 aliphatic carbocycles. The van der Waals surface area contributed by atoms with Crippen molar-refractivity contribution in [1.82, 2.24) is 5.32 Å². The van der Waals surface area contributed by atoms with Crippen molar-refractivity contribution < 1.29 is 28.7 Å². The predicted octanol–water partition coefficient (Wildman–Crippen LogP) is 1.33. The zero-order chi connectivity index (χ0) is 16.2. The Morgan fingerprint density at radius 2 is 2.19 bits per heavy atom. The Hall–Kier alpha value is -2.07. The number of nitro groups is 1. The van der Waals surface area contributed by atoms with Crippen molar-refractivity contribution in [3.63, 3.8) is 0 Å².